The van der Waals surface area contributed by atoms with E-state index in [2.05, 4.69) is 4.98 Å². The first-order valence-electron chi connectivity index (χ1n) is 5.34. The molecule has 1 aliphatic rings. The highest BCUT2D eigenvalue weighted by atomic mass is 16.5. The van der Waals surface area contributed by atoms with Crippen LogP contribution in [0.1, 0.15) is 31.4 Å². The van der Waals surface area contributed by atoms with Gasteiger partial charge in [0.2, 0.25) is 0 Å². The number of hydrogen-bond acceptors (Lipinski definition) is 3. The lowest BCUT2D eigenvalue weighted by molar-refractivity contribution is -0.123. The van der Waals surface area contributed by atoms with E-state index < -0.39 is 0 Å². The summed E-state index contributed by atoms with van der Waals surface area (Å²) in [6.45, 7) is 0.593. The minimum absolute atomic E-state index is 0.248. The Bertz CT molecular complexity index is 336. The van der Waals surface area contributed by atoms with Crippen molar-refractivity contribution in [3.63, 3.8) is 0 Å². The molecule has 82 valence electrons. The van der Waals surface area contributed by atoms with E-state index in [1.54, 1.807) is 6.33 Å². The Morgan fingerprint density at radius 1 is 1.53 bits per heavy atom. The lowest BCUT2D eigenvalue weighted by atomic mass is 9.96. The Morgan fingerprint density at radius 2 is 2.27 bits per heavy atom. The number of aryl methyl sites for hydroxylation is 1. The van der Waals surface area contributed by atoms with Crippen molar-refractivity contribution >= 4 is 5.78 Å². The molecule has 2 rings (SSSR count). The van der Waals surface area contributed by atoms with Crippen LogP contribution < -0.4 is 0 Å². The van der Waals surface area contributed by atoms with Crippen molar-refractivity contribution in [2.75, 3.05) is 0 Å². The van der Waals surface area contributed by atoms with Crippen molar-refractivity contribution in [3.8, 4) is 0 Å². The molecule has 0 spiro atoms. The molecule has 0 N–H and O–H groups in total. The van der Waals surface area contributed by atoms with E-state index in [4.69, 9.17) is 4.74 Å². The van der Waals surface area contributed by atoms with E-state index in [0.717, 1.165) is 18.5 Å². The fraction of sp³-hybridized carbons (Fsp3) is 0.636. The predicted molar refractivity (Wildman–Crippen MR) is 55.3 cm³/mol. The molecule has 15 heavy (non-hydrogen) atoms. The topological polar surface area (TPSA) is 44.1 Å². The van der Waals surface area contributed by atoms with Gasteiger partial charge in [-0.05, 0) is 12.8 Å². The van der Waals surface area contributed by atoms with Gasteiger partial charge < -0.3 is 9.30 Å². The quantitative estimate of drug-likeness (QED) is 0.755. The highest BCUT2D eigenvalue weighted by Gasteiger charge is 2.19. The number of ketones is 1. The highest BCUT2D eigenvalue weighted by molar-refractivity contribution is 5.79. The summed E-state index contributed by atoms with van der Waals surface area (Å²) < 4.78 is 7.70. The van der Waals surface area contributed by atoms with Crippen LogP contribution in [0.5, 0.6) is 0 Å². The molecule has 1 aromatic rings. The summed E-state index contributed by atoms with van der Waals surface area (Å²) in [4.78, 5) is 15.1. The lowest BCUT2D eigenvalue weighted by Gasteiger charge is -2.21. The minimum Gasteiger partial charge on any atom is -0.372 e. The van der Waals surface area contributed by atoms with Gasteiger partial charge in [-0.3, -0.25) is 4.79 Å². The molecule has 1 aromatic heterocycles. The zero-order valence-electron chi connectivity index (χ0n) is 8.98. The number of nitrogens with zero attached hydrogens (tertiary/aromatic N) is 2. The van der Waals surface area contributed by atoms with E-state index >= 15 is 0 Å². The molecule has 1 heterocycles. The van der Waals surface area contributed by atoms with Gasteiger partial charge in [-0.25, -0.2) is 4.98 Å². The standard InChI is InChI=1S/C11H16N2O2/c1-13-8-12-6-9(13)7-15-11-4-2-10(14)3-5-11/h6,8,11H,2-5,7H2,1H3. The number of aromatic nitrogens is 2. The Balaban J connectivity index is 1.79. The second kappa shape index (κ2) is 4.57. The normalized spacial score (nSPS) is 18.3. The van der Waals surface area contributed by atoms with E-state index in [1.807, 2.05) is 17.8 Å². The van der Waals surface area contributed by atoms with Crippen LogP contribution in [0.15, 0.2) is 12.5 Å². The summed E-state index contributed by atoms with van der Waals surface area (Å²) in [5, 5.41) is 0. The lowest BCUT2D eigenvalue weighted by Crippen LogP contribution is -2.21. The summed E-state index contributed by atoms with van der Waals surface area (Å²) in [5.41, 5.74) is 1.08. The van der Waals surface area contributed by atoms with Crippen LogP contribution >= 0.6 is 0 Å². The van der Waals surface area contributed by atoms with Gasteiger partial charge in [-0.1, -0.05) is 0 Å². The molecule has 1 aliphatic carbocycles. The van der Waals surface area contributed by atoms with E-state index in [1.165, 1.54) is 0 Å². The first-order valence-corrected chi connectivity index (χ1v) is 5.34. The van der Waals surface area contributed by atoms with Crippen LogP contribution in [0, 0.1) is 0 Å². The second-order valence-corrected chi connectivity index (χ2v) is 4.04. The molecular weight excluding hydrogens is 192 g/mol. The van der Waals surface area contributed by atoms with Gasteiger partial charge in [0.15, 0.2) is 0 Å². The van der Waals surface area contributed by atoms with Gasteiger partial charge >= 0.3 is 0 Å². The molecule has 0 radical (unpaired) electrons. The largest absolute Gasteiger partial charge is 0.372 e. The molecule has 1 saturated carbocycles. The summed E-state index contributed by atoms with van der Waals surface area (Å²) in [6, 6.07) is 0. The first kappa shape index (κ1) is 10.4. The number of rotatable bonds is 3. The fourth-order valence-electron chi connectivity index (χ4n) is 1.81. The highest BCUT2D eigenvalue weighted by Crippen LogP contribution is 2.19. The average molecular weight is 208 g/mol. The number of ether oxygens (including phenoxy) is 1. The van der Waals surface area contributed by atoms with E-state index in [9.17, 15) is 4.79 Å². The number of carbonyl (C=O) groups excluding carboxylic acids is 1. The minimum atomic E-state index is 0.248. The van der Waals surface area contributed by atoms with Crippen LogP contribution in [-0.4, -0.2) is 21.4 Å². The molecule has 0 amide bonds. The molecule has 1 fully saturated rings. The maximum absolute atomic E-state index is 11.0. The van der Waals surface area contributed by atoms with Gasteiger partial charge in [0.05, 0.1) is 30.9 Å². The van der Waals surface area contributed by atoms with Crippen molar-refractivity contribution in [2.45, 2.75) is 38.4 Å². The third kappa shape index (κ3) is 2.65. The molecule has 0 aliphatic heterocycles. The van der Waals surface area contributed by atoms with E-state index in [-0.39, 0.29) is 6.10 Å². The SMILES string of the molecule is Cn1cncc1COC1CCC(=O)CC1. The molecule has 0 bridgehead atoms. The zero-order chi connectivity index (χ0) is 10.7. The summed E-state index contributed by atoms with van der Waals surface area (Å²) in [7, 11) is 1.95. The average Bonchev–Trinajstić information content (AvgIpc) is 2.63. The number of carbonyl (C=O) groups is 1. The van der Waals surface area contributed by atoms with Crippen molar-refractivity contribution < 1.29 is 9.53 Å². The molecule has 0 atom stereocenters. The van der Waals surface area contributed by atoms with Crippen molar-refractivity contribution in [1.82, 2.24) is 9.55 Å². The fourth-order valence-corrected chi connectivity index (χ4v) is 1.81. The maximum atomic E-state index is 11.0. The summed E-state index contributed by atoms with van der Waals surface area (Å²) in [5.74, 6) is 0.371. The molecular formula is C11H16N2O2. The van der Waals surface area contributed by atoms with Crippen LogP contribution in [0.2, 0.25) is 0 Å². The zero-order valence-corrected chi connectivity index (χ0v) is 8.98. The smallest absolute Gasteiger partial charge is 0.133 e. The molecule has 4 heteroatoms. The van der Waals surface area contributed by atoms with Crippen LogP contribution in [-0.2, 0) is 23.2 Å². The van der Waals surface area contributed by atoms with Gasteiger partial charge in [0.25, 0.3) is 0 Å². The van der Waals surface area contributed by atoms with Gasteiger partial charge in [0.1, 0.15) is 5.78 Å². The van der Waals surface area contributed by atoms with Crippen molar-refractivity contribution in [2.24, 2.45) is 7.05 Å². The van der Waals surface area contributed by atoms with Crippen LogP contribution in [0.4, 0.5) is 0 Å². The number of hydrogen-bond donors (Lipinski definition) is 0. The predicted octanol–water partition coefficient (Wildman–Crippen LogP) is 1.45. The monoisotopic (exact) mass is 208 g/mol. The third-order valence-electron chi connectivity index (χ3n) is 2.87. The van der Waals surface area contributed by atoms with Crippen molar-refractivity contribution in [3.05, 3.63) is 18.2 Å². The molecule has 0 saturated heterocycles. The third-order valence-corrected chi connectivity index (χ3v) is 2.87. The van der Waals surface area contributed by atoms with Crippen LogP contribution in [0.25, 0.3) is 0 Å². The number of Topliss-reactive ketones (excluding diaryl/α,β-unsaturated/α-hetero) is 1. The first-order chi connectivity index (χ1) is 7.25. The van der Waals surface area contributed by atoms with E-state index in [0.29, 0.717) is 25.2 Å². The van der Waals surface area contributed by atoms with Gasteiger partial charge in [-0.2, -0.15) is 0 Å². The second-order valence-electron chi connectivity index (χ2n) is 4.04. The Kier molecular flexibility index (Phi) is 3.16. The number of imidazole rings is 1. The summed E-state index contributed by atoms with van der Waals surface area (Å²) >= 11 is 0. The molecule has 0 unspecified atom stereocenters. The Labute approximate surface area is 89.3 Å². The Morgan fingerprint density at radius 3 is 2.87 bits per heavy atom. The maximum Gasteiger partial charge on any atom is 0.133 e. The van der Waals surface area contributed by atoms with Gasteiger partial charge in [-0.15, -0.1) is 0 Å². The molecule has 4 nitrogen and oxygen atoms in total. The van der Waals surface area contributed by atoms with Crippen LogP contribution in [0.3, 0.4) is 0 Å². The summed E-state index contributed by atoms with van der Waals surface area (Å²) in [6.07, 6.45) is 6.92. The molecule has 0 aromatic carbocycles. The van der Waals surface area contributed by atoms with Crippen molar-refractivity contribution in [1.29, 1.82) is 0 Å². The Hall–Kier alpha value is -1.16. The van der Waals surface area contributed by atoms with Gasteiger partial charge in [0, 0.05) is 19.9 Å².